The number of fused-ring (bicyclic) bond motifs is 1. The van der Waals surface area contributed by atoms with Crippen molar-refractivity contribution in [1.82, 2.24) is 4.98 Å². The molecule has 3 aromatic rings. The molecule has 1 amide bonds. The lowest BCUT2D eigenvalue weighted by Crippen LogP contribution is -2.30. The maximum absolute atomic E-state index is 12.4. The van der Waals surface area contributed by atoms with Crippen LogP contribution in [0.4, 0.5) is 5.69 Å². The van der Waals surface area contributed by atoms with Crippen molar-refractivity contribution in [2.45, 2.75) is 46.1 Å². The number of ether oxygens (including phenoxy) is 1. The van der Waals surface area contributed by atoms with Crippen molar-refractivity contribution in [2.75, 3.05) is 5.32 Å². The summed E-state index contributed by atoms with van der Waals surface area (Å²) in [5, 5.41) is 2.85. The molecule has 136 valence electrons. The second-order valence-electron chi connectivity index (χ2n) is 7.44. The molecule has 0 saturated heterocycles. The van der Waals surface area contributed by atoms with E-state index in [0.29, 0.717) is 28.4 Å². The average molecular weight is 352 g/mol. The monoisotopic (exact) mass is 352 g/mol. The first-order valence-corrected chi connectivity index (χ1v) is 8.67. The van der Waals surface area contributed by atoms with E-state index in [0.717, 1.165) is 0 Å². The highest BCUT2D eigenvalue weighted by molar-refractivity contribution is 5.95. The van der Waals surface area contributed by atoms with Crippen molar-refractivity contribution in [2.24, 2.45) is 0 Å². The van der Waals surface area contributed by atoms with Gasteiger partial charge in [-0.05, 0) is 48.2 Å². The number of benzene rings is 2. The molecule has 2 aromatic carbocycles. The van der Waals surface area contributed by atoms with Crippen LogP contribution in [0.2, 0.25) is 0 Å². The van der Waals surface area contributed by atoms with Crippen molar-refractivity contribution >= 4 is 22.7 Å². The van der Waals surface area contributed by atoms with Gasteiger partial charge in [0, 0.05) is 12.6 Å². The van der Waals surface area contributed by atoms with Gasteiger partial charge in [-0.25, -0.2) is 4.98 Å². The van der Waals surface area contributed by atoms with Crippen LogP contribution in [0.15, 0.2) is 46.9 Å². The fourth-order valence-electron chi connectivity index (χ4n) is 2.66. The largest absolute Gasteiger partial charge is 0.481 e. The maximum atomic E-state index is 12.4. The number of hydrogen-bond acceptors (Lipinski definition) is 4. The van der Waals surface area contributed by atoms with Crippen LogP contribution in [0.3, 0.4) is 0 Å². The van der Waals surface area contributed by atoms with E-state index in [4.69, 9.17) is 9.15 Å². The molecule has 0 fully saturated rings. The number of nitrogens with one attached hydrogen (secondary N) is 1. The van der Waals surface area contributed by atoms with Crippen molar-refractivity contribution in [3.8, 4) is 5.75 Å². The Bertz CT molecular complexity index is 921. The van der Waals surface area contributed by atoms with Gasteiger partial charge in [-0.15, -0.1) is 0 Å². The van der Waals surface area contributed by atoms with E-state index in [1.54, 1.807) is 32.0 Å². The van der Waals surface area contributed by atoms with Crippen LogP contribution < -0.4 is 10.1 Å². The lowest BCUT2D eigenvalue weighted by Gasteiger charge is -2.20. The molecule has 1 atom stereocenters. The summed E-state index contributed by atoms with van der Waals surface area (Å²) in [7, 11) is 0. The fourth-order valence-corrected chi connectivity index (χ4v) is 2.66. The summed E-state index contributed by atoms with van der Waals surface area (Å²) in [6.07, 6.45) is -0.620. The number of aryl methyl sites for hydroxylation is 1. The summed E-state index contributed by atoms with van der Waals surface area (Å²) < 4.78 is 11.2. The van der Waals surface area contributed by atoms with Crippen molar-refractivity contribution < 1.29 is 13.9 Å². The molecule has 5 nitrogen and oxygen atoms in total. The molecule has 0 saturated carbocycles. The third-order valence-electron chi connectivity index (χ3n) is 4.16. The summed E-state index contributed by atoms with van der Waals surface area (Å²) in [5.41, 5.74) is 3.38. The molecular weight excluding hydrogens is 328 g/mol. The molecular formula is C21H24N2O3. The summed E-state index contributed by atoms with van der Waals surface area (Å²) in [6, 6.07) is 13.2. The molecule has 0 aliphatic rings. The van der Waals surface area contributed by atoms with Gasteiger partial charge in [0.05, 0.1) is 0 Å². The van der Waals surface area contributed by atoms with Crippen molar-refractivity contribution in [3.63, 3.8) is 0 Å². The van der Waals surface area contributed by atoms with Crippen LogP contribution in [0.25, 0.3) is 11.1 Å². The fraction of sp³-hybridized carbons (Fsp3) is 0.333. The molecule has 1 aromatic heterocycles. The Morgan fingerprint density at radius 3 is 2.50 bits per heavy atom. The zero-order valence-electron chi connectivity index (χ0n) is 15.8. The number of oxazole rings is 1. The number of amides is 1. The molecule has 1 heterocycles. The van der Waals surface area contributed by atoms with Crippen LogP contribution in [-0.4, -0.2) is 17.0 Å². The quantitative estimate of drug-likeness (QED) is 0.730. The Kier molecular flexibility index (Phi) is 4.72. The predicted octanol–water partition coefficient (Wildman–Crippen LogP) is 4.84. The van der Waals surface area contributed by atoms with E-state index in [-0.39, 0.29) is 11.3 Å². The molecule has 0 aliphatic carbocycles. The highest BCUT2D eigenvalue weighted by Crippen LogP contribution is 2.25. The Balaban J connectivity index is 1.65. The van der Waals surface area contributed by atoms with Gasteiger partial charge >= 0.3 is 0 Å². The molecule has 5 heteroatoms. The zero-order valence-corrected chi connectivity index (χ0v) is 15.8. The minimum Gasteiger partial charge on any atom is -0.481 e. The SMILES string of the molecule is Cc1nc2cc(NC(=O)[C@H](C)Oc3ccc(C(C)(C)C)cc3)ccc2o1. The number of hydrogen-bond donors (Lipinski definition) is 1. The molecule has 0 aliphatic heterocycles. The molecule has 0 radical (unpaired) electrons. The Morgan fingerprint density at radius 2 is 1.85 bits per heavy atom. The highest BCUT2D eigenvalue weighted by Gasteiger charge is 2.17. The smallest absolute Gasteiger partial charge is 0.265 e. The van der Waals surface area contributed by atoms with Crippen LogP contribution in [0.1, 0.15) is 39.1 Å². The molecule has 1 N–H and O–H groups in total. The summed E-state index contributed by atoms with van der Waals surface area (Å²) in [5.74, 6) is 1.05. The topological polar surface area (TPSA) is 64.4 Å². The molecule has 3 rings (SSSR count). The third-order valence-corrected chi connectivity index (χ3v) is 4.16. The van der Waals surface area contributed by atoms with Crippen LogP contribution in [-0.2, 0) is 10.2 Å². The van der Waals surface area contributed by atoms with E-state index < -0.39 is 6.10 Å². The van der Waals surface area contributed by atoms with Gasteiger partial charge in [-0.2, -0.15) is 0 Å². The number of aromatic nitrogens is 1. The minimum atomic E-state index is -0.620. The van der Waals surface area contributed by atoms with E-state index in [1.807, 2.05) is 24.3 Å². The van der Waals surface area contributed by atoms with Crippen LogP contribution >= 0.6 is 0 Å². The van der Waals surface area contributed by atoms with Gasteiger partial charge in [0.1, 0.15) is 11.3 Å². The van der Waals surface area contributed by atoms with Crippen molar-refractivity contribution in [1.29, 1.82) is 0 Å². The van der Waals surface area contributed by atoms with Gasteiger partial charge in [-0.3, -0.25) is 4.79 Å². The van der Waals surface area contributed by atoms with Gasteiger partial charge in [-0.1, -0.05) is 32.9 Å². The highest BCUT2D eigenvalue weighted by atomic mass is 16.5. The number of carbonyl (C=O) groups excluding carboxylic acids is 1. The summed E-state index contributed by atoms with van der Waals surface area (Å²) in [4.78, 5) is 16.7. The van der Waals surface area contributed by atoms with E-state index in [2.05, 4.69) is 31.1 Å². The minimum absolute atomic E-state index is 0.0830. The zero-order chi connectivity index (χ0) is 18.9. The standard InChI is InChI=1S/C21H24N2O3/c1-13(25-17-9-6-15(7-10-17)21(3,4)5)20(24)23-16-8-11-19-18(12-16)22-14(2)26-19/h6-13H,1-5H3,(H,23,24)/t13-/m0/s1. The summed E-state index contributed by atoms with van der Waals surface area (Å²) in [6.45, 7) is 10.00. The predicted molar refractivity (Wildman–Crippen MR) is 103 cm³/mol. The molecule has 0 bridgehead atoms. The number of nitrogens with zero attached hydrogens (tertiary/aromatic N) is 1. The van der Waals surface area contributed by atoms with Gasteiger partial charge in [0.25, 0.3) is 5.91 Å². The Hall–Kier alpha value is -2.82. The first kappa shape index (κ1) is 18.0. The van der Waals surface area contributed by atoms with Gasteiger partial charge in [0.2, 0.25) is 0 Å². The lowest BCUT2D eigenvalue weighted by atomic mass is 9.87. The number of anilines is 1. The first-order valence-electron chi connectivity index (χ1n) is 8.67. The average Bonchev–Trinajstić information content (AvgIpc) is 2.93. The third kappa shape index (κ3) is 4.04. The number of carbonyl (C=O) groups is 1. The van der Waals surface area contributed by atoms with Crippen molar-refractivity contribution in [3.05, 3.63) is 53.9 Å². The molecule has 0 spiro atoms. The van der Waals surface area contributed by atoms with E-state index in [9.17, 15) is 4.79 Å². The maximum Gasteiger partial charge on any atom is 0.265 e. The van der Waals surface area contributed by atoms with Gasteiger partial charge < -0.3 is 14.5 Å². The molecule has 26 heavy (non-hydrogen) atoms. The Labute approximate surface area is 153 Å². The van der Waals surface area contributed by atoms with E-state index >= 15 is 0 Å². The van der Waals surface area contributed by atoms with Crippen LogP contribution in [0.5, 0.6) is 5.75 Å². The number of rotatable bonds is 4. The lowest BCUT2D eigenvalue weighted by molar-refractivity contribution is -0.122. The van der Waals surface area contributed by atoms with Crippen LogP contribution in [0, 0.1) is 6.92 Å². The second kappa shape index (κ2) is 6.83. The second-order valence-corrected chi connectivity index (χ2v) is 7.44. The Morgan fingerprint density at radius 1 is 1.15 bits per heavy atom. The first-order chi connectivity index (χ1) is 12.2. The summed E-state index contributed by atoms with van der Waals surface area (Å²) >= 11 is 0. The normalized spacial score (nSPS) is 12.8. The van der Waals surface area contributed by atoms with Gasteiger partial charge in [0.15, 0.2) is 17.6 Å². The van der Waals surface area contributed by atoms with E-state index in [1.165, 1.54) is 5.56 Å². The molecule has 0 unspecified atom stereocenters.